The summed E-state index contributed by atoms with van der Waals surface area (Å²) in [4.78, 5) is 22.4. The van der Waals surface area contributed by atoms with Gasteiger partial charge in [0, 0.05) is 37.6 Å². The average Bonchev–Trinajstić information content (AvgIpc) is 3.32. The number of benzene rings is 1. The molecule has 0 spiro atoms. The molecule has 4 N–H and O–H groups in total. The van der Waals surface area contributed by atoms with Gasteiger partial charge in [0.1, 0.15) is 5.82 Å². The number of rotatable bonds is 5. The number of imidazole rings is 1. The number of aromatic amines is 1. The molecule has 5 rings (SSSR count). The molecule has 0 unspecified atom stereocenters. The molecule has 2 aliphatic heterocycles. The highest BCUT2D eigenvalue weighted by Gasteiger charge is 2.41. The smallest absolute Gasteiger partial charge is 0.291 e. The van der Waals surface area contributed by atoms with Gasteiger partial charge in [-0.1, -0.05) is 26.0 Å². The number of hydrogen-bond acceptors (Lipinski definition) is 6. The second-order valence-corrected chi connectivity index (χ2v) is 10.7. The van der Waals surface area contributed by atoms with Crippen LogP contribution in [0.2, 0.25) is 0 Å². The van der Waals surface area contributed by atoms with Crippen LogP contribution in [0.4, 0.5) is 11.5 Å². The summed E-state index contributed by atoms with van der Waals surface area (Å²) in [6.07, 6.45) is 8.85. The second-order valence-electron chi connectivity index (χ2n) is 10.7. The van der Waals surface area contributed by atoms with Crippen LogP contribution >= 0.6 is 0 Å². The molecule has 0 bridgehead atoms. The predicted molar refractivity (Wildman–Crippen MR) is 137 cm³/mol. The number of hydrogen-bond donors (Lipinski definition) is 3. The number of ether oxygens (including phenoxy) is 2. The van der Waals surface area contributed by atoms with Crippen LogP contribution in [0.15, 0.2) is 30.5 Å². The Morgan fingerprint density at radius 3 is 2.51 bits per heavy atom. The molecule has 8 heteroatoms. The fourth-order valence-corrected chi connectivity index (χ4v) is 5.65. The van der Waals surface area contributed by atoms with Gasteiger partial charge in [0.15, 0.2) is 5.82 Å². The second kappa shape index (κ2) is 9.76. The van der Waals surface area contributed by atoms with E-state index in [-0.39, 0.29) is 17.3 Å². The highest BCUT2D eigenvalue weighted by Crippen LogP contribution is 2.44. The van der Waals surface area contributed by atoms with Gasteiger partial charge < -0.3 is 25.5 Å². The van der Waals surface area contributed by atoms with Crippen molar-refractivity contribution in [1.29, 1.82) is 0 Å². The summed E-state index contributed by atoms with van der Waals surface area (Å²) in [6.45, 7) is 9.50. The van der Waals surface area contributed by atoms with E-state index in [2.05, 4.69) is 58.3 Å². The molecule has 8 nitrogen and oxygen atoms in total. The van der Waals surface area contributed by atoms with Crippen LogP contribution in [0.25, 0.3) is 5.57 Å². The minimum absolute atomic E-state index is 0.0801. The van der Waals surface area contributed by atoms with Gasteiger partial charge in [0.05, 0.1) is 24.9 Å². The summed E-state index contributed by atoms with van der Waals surface area (Å²) >= 11 is 0. The van der Waals surface area contributed by atoms with Gasteiger partial charge in [-0.3, -0.25) is 9.69 Å². The first-order chi connectivity index (χ1) is 16.9. The molecule has 0 atom stereocenters. The number of allylic oxidation sites excluding steroid dienone is 2. The van der Waals surface area contributed by atoms with Crippen molar-refractivity contribution in [3.05, 3.63) is 47.4 Å². The maximum Gasteiger partial charge on any atom is 0.291 e. The van der Waals surface area contributed by atoms with E-state index in [0.717, 1.165) is 82.9 Å². The first kappa shape index (κ1) is 24.0. The normalized spacial score (nSPS) is 22.4. The predicted octanol–water partition coefficient (Wildman–Crippen LogP) is 4.18. The molecule has 2 saturated heterocycles. The first-order valence-corrected chi connectivity index (χ1v) is 12.7. The van der Waals surface area contributed by atoms with Gasteiger partial charge in [0.2, 0.25) is 0 Å². The fraction of sp³-hybridized carbons (Fsp3) is 0.556. The minimum atomic E-state index is -0.290. The number of nitrogens with one attached hydrogen (secondary N) is 2. The van der Waals surface area contributed by atoms with E-state index in [9.17, 15) is 4.79 Å². The summed E-state index contributed by atoms with van der Waals surface area (Å²) in [5, 5.41) is 3.09. The van der Waals surface area contributed by atoms with Crippen molar-refractivity contribution in [3.8, 4) is 0 Å². The van der Waals surface area contributed by atoms with E-state index in [1.807, 2.05) is 0 Å². The van der Waals surface area contributed by atoms with Crippen LogP contribution in [0.5, 0.6) is 0 Å². The van der Waals surface area contributed by atoms with Crippen molar-refractivity contribution in [2.45, 2.75) is 51.5 Å². The van der Waals surface area contributed by atoms with Crippen LogP contribution < -0.4 is 11.1 Å². The van der Waals surface area contributed by atoms with E-state index in [1.54, 1.807) is 0 Å². The molecule has 1 aliphatic carbocycles. The number of nitrogens with zero attached hydrogens (tertiary/aromatic N) is 2. The highest BCUT2D eigenvalue weighted by molar-refractivity contribution is 6.03. The maximum atomic E-state index is 12.9. The van der Waals surface area contributed by atoms with Crippen molar-refractivity contribution >= 4 is 23.0 Å². The van der Waals surface area contributed by atoms with E-state index < -0.39 is 0 Å². The van der Waals surface area contributed by atoms with Crippen molar-refractivity contribution in [1.82, 2.24) is 14.9 Å². The zero-order valence-electron chi connectivity index (χ0n) is 20.9. The summed E-state index contributed by atoms with van der Waals surface area (Å²) in [6, 6.07) is 6.56. The Labute approximate surface area is 207 Å². The van der Waals surface area contributed by atoms with Gasteiger partial charge in [-0.25, -0.2) is 4.98 Å². The third-order valence-corrected chi connectivity index (χ3v) is 7.87. The Bertz CT molecular complexity index is 1090. The van der Waals surface area contributed by atoms with E-state index in [0.29, 0.717) is 11.2 Å². The molecule has 3 heterocycles. The van der Waals surface area contributed by atoms with Gasteiger partial charge in [-0.2, -0.15) is 0 Å². The number of nitrogen functional groups attached to an aromatic ring is 1. The van der Waals surface area contributed by atoms with Crippen molar-refractivity contribution in [2.75, 3.05) is 50.6 Å². The summed E-state index contributed by atoms with van der Waals surface area (Å²) in [5.41, 5.74) is 10.5. The number of morpholine rings is 1. The molecular formula is C27H37N5O3. The lowest BCUT2D eigenvalue weighted by atomic mass is 9.75. The van der Waals surface area contributed by atoms with Crippen LogP contribution in [0.3, 0.4) is 0 Å². The van der Waals surface area contributed by atoms with Crippen molar-refractivity contribution in [3.63, 3.8) is 0 Å². The van der Waals surface area contributed by atoms with Crippen molar-refractivity contribution < 1.29 is 14.3 Å². The number of carbonyl (C=O) groups is 1. The van der Waals surface area contributed by atoms with Crippen LogP contribution in [-0.4, -0.2) is 60.3 Å². The lowest BCUT2D eigenvalue weighted by Gasteiger charge is -2.48. The number of aromatic nitrogens is 2. The molecule has 2 fully saturated rings. The molecule has 35 heavy (non-hydrogen) atoms. The Kier molecular flexibility index (Phi) is 6.70. The fourth-order valence-electron chi connectivity index (χ4n) is 5.65. The zero-order valence-corrected chi connectivity index (χ0v) is 20.9. The average molecular weight is 480 g/mol. The van der Waals surface area contributed by atoms with Gasteiger partial charge in [0.25, 0.3) is 5.91 Å². The molecule has 3 aliphatic rings. The van der Waals surface area contributed by atoms with Gasteiger partial charge in [-0.05, 0) is 60.8 Å². The molecule has 1 aromatic heterocycles. The largest absolute Gasteiger partial charge is 0.384 e. The third-order valence-electron chi connectivity index (χ3n) is 7.87. The van der Waals surface area contributed by atoms with Crippen LogP contribution in [0, 0.1) is 5.41 Å². The molecule has 0 radical (unpaired) electrons. The van der Waals surface area contributed by atoms with E-state index in [4.69, 9.17) is 15.2 Å². The topological polar surface area (TPSA) is 106 Å². The Morgan fingerprint density at radius 1 is 1.11 bits per heavy atom. The number of amides is 1. The van der Waals surface area contributed by atoms with E-state index >= 15 is 0 Å². The first-order valence-electron chi connectivity index (χ1n) is 12.7. The number of H-pyrrole nitrogens is 1. The molecule has 1 amide bonds. The monoisotopic (exact) mass is 479 g/mol. The molecule has 1 aromatic carbocycles. The Morgan fingerprint density at radius 2 is 1.86 bits per heavy atom. The quantitative estimate of drug-likeness (QED) is 0.594. The summed E-state index contributed by atoms with van der Waals surface area (Å²) in [5.74, 6) is 0.293. The van der Waals surface area contributed by atoms with Crippen LogP contribution in [-0.2, 0) is 15.0 Å². The molecular weight excluding hydrogens is 442 g/mol. The summed E-state index contributed by atoms with van der Waals surface area (Å²) < 4.78 is 11.5. The Hall–Kier alpha value is -2.68. The molecule has 0 saturated carbocycles. The van der Waals surface area contributed by atoms with Crippen molar-refractivity contribution in [2.24, 2.45) is 5.41 Å². The maximum absolute atomic E-state index is 12.9. The Balaban J connectivity index is 1.54. The summed E-state index contributed by atoms with van der Waals surface area (Å²) in [7, 11) is 0. The standard InChI is InChI=1S/C27H37N5O3/c1-26(2)7-5-19(6-8-26)21-17-20(3-4-22(21)30-25(33)24-29-18-23(28)31-24)27(9-13-34-14-10-27)32-11-15-35-16-12-32/h3-5,17-18H,6-16,28H2,1-2H3,(H,29,31)(H,30,33). The zero-order chi connectivity index (χ0) is 24.5. The van der Waals surface area contributed by atoms with Crippen LogP contribution in [0.1, 0.15) is 67.7 Å². The van der Waals surface area contributed by atoms with Gasteiger partial charge >= 0.3 is 0 Å². The minimum Gasteiger partial charge on any atom is -0.384 e. The van der Waals surface area contributed by atoms with E-state index in [1.165, 1.54) is 17.3 Å². The third kappa shape index (κ3) is 5.01. The number of anilines is 2. The lowest BCUT2D eigenvalue weighted by molar-refractivity contribution is -0.0746. The highest BCUT2D eigenvalue weighted by atomic mass is 16.5. The molecule has 188 valence electrons. The molecule has 2 aromatic rings. The van der Waals surface area contributed by atoms with Gasteiger partial charge in [-0.15, -0.1) is 0 Å². The number of carbonyl (C=O) groups excluding carboxylic acids is 1. The SMILES string of the molecule is CC1(C)CC=C(c2cc(C3(N4CCOCC4)CCOCC3)ccc2NC(=O)c2ncc(N)[nH]2)CC1. The lowest BCUT2D eigenvalue weighted by Crippen LogP contribution is -2.54. The number of nitrogens with two attached hydrogens (primary N) is 1.